The van der Waals surface area contributed by atoms with Crippen LogP contribution < -0.4 is 15.0 Å². The van der Waals surface area contributed by atoms with E-state index in [9.17, 15) is 15.2 Å². The molecule has 1 aliphatic heterocycles. The Kier molecular flexibility index (Phi) is 6.77. The van der Waals surface area contributed by atoms with Gasteiger partial charge in [0.2, 0.25) is 5.91 Å². The molecule has 4 heterocycles. The second kappa shape index (κ2) is 9.88. The molecule has 3 aromatic heterocycles. The second-order valence-electron chi connectivity index (χ2n) is 10.2. The average Bonchev–Trinajstić information content (AvgIpc) is 3.22. The van der Waals surface area contributed by atoms with Crippen LogP contribution in [-0.2, 0) is 4.79 Å². The Bertz CT molecular complexity index is 1340. The number of fused-ring (bicyclic) bond motifs is 1. The first-order valence-electron chi connectivity index (χ1n) is 12.7. The first kappa shape index (κ1) is 25.4. The predicted octanol–water partition coefficient (Wildman–Crippen LogP) is 3.95. The first-order valence-corrected chi connectivity index (χ1v) is 13.7. The van der Waals surface area contributed by atoms with E-state index in [1.807, 2.05) is 32.0 Å². The number of aliphatic hydroxyl groups is 1. The maximum Gasteiger partial charge on any atom is 0.226 e. The van der Waals surface area contributed by atoms with Gasteiger partial charge in [-0.3, -0.25) is 4.79 Å². The fourth-order valence-corrected chi connectivity index (χ4v) is 6.01. The van der Waals surface area contributed by atoms with Crippen LogP contribution in [0.5, 0.6) is 5.75 Å². The highest BCUT2D eigenvalue weighted by Gasteiger charge is 2.43. The first-order chi connectivity index (χ1) is 17.7. The quantitative estimate of drug-likeness (QED) is 0.502. The van der Waals surface area contributed by atoms with Crippen molar-refractivity contribution in [2.24, 2.45) is 5.41 Å². The van der Waals surface area contributed by atoms with Crippen molar-refractivity contribution in [1.29, 1.82) is 5.26 Å². The molecular formula is C27H32N6O3S. The van der Waals surface area contributed by atoms with Gasteiger partial charge < -0.3 is 20.1 Å². The van der Waals surface area contributed by atoms with Crippen LogP contribution in [-0.4, -0.2) is 55.6 Å². The summed E-state index contributed by atoms with van der Waals surface area (Å²) in [5, 5.41) is 28.2. The van der Waals surface area contributed by atoms with Crippen LogP contribution in [0.1, 0.15) is 52.0 Å². The van der Waals surface area contributed by atoms with Gasteiger partial charge in [0.05, 0.1) is 42.0 Å². The van der Waals surface area contributed by atoms with Crippen molar-refractivity contribution < 1.29 is 14.6 Å². The molecular weight excluding hydrogens is 488 g/mol. The number of carbonyl (C=O) groups is 1. The summed E-state index contributed by atoms with van der Waals surface area (Å²) >= 11 is 1.41. The van der Waals surface area contributed by atoms with Crippen molar-refractivity contribution >= 4 is 29.0 Å². The second-order valence-corrected chi connectivity index (χ2v) is 11.6. The molecule has 2 atom stereocenters. The molecule has 0 unspecified atom stereocenters. The number of nitrogens with one attached hydrogen (secondary N) is 1. The largest absolute Gasteiger partial charge is 0.492 e. The Hall–Kier alpha value is -3.29. The number of pyridine rings is 2. The average molecular weight is 521 g/mol. The van der Waals surface area contributed by atoms with Crippen molar-refractivity contribution in [3.05, 3.63) is 42.4 Å². The van der Waals surface area contributed by atoms with E-state index in [4.69, 9.17) is 9.72 Å². The molecule has 1 saturated heterocycles. The zero-order valence-electron chi connectivity index (χ0n) is 21.4. The number of thioether (sulfide) groups is 1. The number of hydrogen-bond donors (Lipinski definition) is 2. The van der Waals surface area contributed by atoms with Crippen LogP contribution >= 0.6 is 11.8 Å². The molecule has 194 valence electrons. The Morgan fingerprint density at radius 3 is 2.81 bits per heavy atom. The van der Waals surface area contributed by atoms with E-state index < -0.39 is 4.93 Å². The van der Waals surface area contributed by atoms with E-state index in [-0.39, 0.29) is 17.4 Å². The van der Waals surface area contributed by atoms with Gasteiger partial charge in [-0.15, -0.1) is 11.8 Å². The van der Waals surface area contributed by atoms with Crippen LogP contribution in [0.4, 0.5) is 5.82 Å². The van der Waals surface area contributed by atoms with Gasteiger partial charge >= 0.3 is 0 Å². The molecule has 0 bridgehead atoms. The van der Waals surface area contributed by atoms with Gasteiger partial charge in [-0.1, -0.05) is 13.3 Å². The molecule has 2 fully saturated rings. The van der Waals surface area contributed by atoms with Gasteiger partial charge in [-0.25, -0.2) is 9.50 Å². The monoisotopic (exact) mass is 520 g/mol. The van der Waals surface area contributed by atoms with E-state index in [0.29, 0.717) is 42.3 Å². The summed E-state index contributed by atoms with van der Waals surface area (Å²) in [7, 11) is 0. The lowest BCUT2D eigenvalue weighted by Gasteiger charge is -2.39. The van der Waals surface area contributed by atoms with Gasteiger partial charge in [0.1, 0.15) is 22.6 Å². The van der Waals surface area contributed by atoms with Gasteiger partial charge in [-0.2, -0.15) is 10.4 Å². The van der Waals surface area contributed by atoms with Crippen molar-refractivity contribution in [2.75, 3.05) is 23.9 Å². The van der Waals surface area contributed by atoms with Crippen LogP contribution in [0.15, 0.2) is 36.8 Å². The summed E-state index contributed by atoms with van der Waals surface area (Å²) in [4.78, 5) is 18.6. The third-order valence-electron chi connectivity index (χ3n) is 7.56. The standard InChI is InChI=1S/C27H32N6O3S/c1-4-36-20-12-21(24-19(13-28)15-30-33(24)16-20)18-6-7-23(29-14-18)32-11-8-22(27(3,35)37-17-32)31-25(34)26(2)9-5-10-26/h6-7,12,14-16,22,35H,4-5,8-11,17H2,1-3H3,(H,31,34)/t22-,27+/m0/s1. The SMILES string of the molecule is CCOc1cc(-c2ccc(N3CC[C@H](NC(=O)C4(C)CCC4)[C@](C)(O)SC3)nc2)c2c(C#N)cnn2c1. The minimum atomic E-state index is -1.08. The Morgan fingerprint density at radius 2 is 2.16 bits per heavy atom. The summed E-state index contributed by atoms with van der Waals surface area (Å²) in [6.07, 6.45) is 8.61. The number of hydrogen-bond acceptors (Lipinski definition) is 8. The van der Waals surface area contributed by atoms with E-state index in [1.54, 1.807) is 30.0 Å². The number of anilines is 1. The zero-order valence-corrected chi connectivity index (χ0v) is 22.2. The molecule has 0 spiro atoms. The maximum atomic E-state index is 12.8. The lowest BCUT2D eigenvalue weighted by atomic mass is 9.69. The number of aromatic nitrogens is 3. The zero-order chi connectivity index (χ0) is 26.2. The van der Waals surface area contributed by atoms with Crippen LogP contribution in [0.3, 0.4) is 0 Å². The normalized spacial score (nSPS) is 23.1. The van der Waals surface area contributed by atoms with E-state index >= 15 is 0 Å². The molecule has 1 saturated carbocycles. The van der Waals surface area contributed by atoms with Crippen molar-refractivity contribution in [1.82, 2.24) is 19.9 Å². The molecule has 1 aliphatic carbocycles. The van der Waals surface area contributed by atoms with Crippen molar-refractivity contribution in [2.45, 2.75) is 57.4 Å². The Morgan fingerprint density at radius 1 is 1.35 bits per heavy atom. The lowest BCUT2D eigenvalue weighted by Crippen LogP contribution is -2.54. The number of rotatable bonds is 6. The summed E-state index contributed by atoms with van der Waals surface area (Å²) in [6.45, 7) is 6.88. The number of nitriles is 1. The Labute approximate surface area is 220 Å². The smallest absolute Gasteiger partial charge is 0.226 e. The number of nitrogens with zero attached hydrogens (tertiary/aromatic N) is 5. The third-order valence-corrected chi connectivity index (χ3v) is 8.87. The Balaban J connectivity index is 1.36. The maximum absolute atomic E-state index is 12.8. The molecule has 9 nitrogen and oxygen atoms in total. The van der Waals surface area contributed by atoms with E-state index in [1.165, 1.54) is 11.8 Å². The lowest BCUT2D eigenvalue weighted by molar-refractivity contribution is -0.136. The number of amides is 1. The fraction of sp³-hybridized carbons (Fsp3) is 0.481. The number of ether oxygens (including phenoxy) is 1. The molecule has 1 amide bonds. The summed E-state index contributed by atoms with van der Waals surface area (Å²) in [5.74, 6) is 2.04. The highest BCUT2D eigenvalue weighted by atomic mass is 32.2. The topological polar surface area (TPSA) is 116 Å². The van der Waals surface area contributed by atoms with Gasteiger partial charge in [0.15, 0.2) is 0 Å². The third kappa shape index (κ3) is 4.86. The molecule has 0 aromatic carbocycles. The fourth-order valence-electron chi connectivity index (χ4n) is 4.96. The predicted molar refractivity (Wildman–Crippen MR) is 143 cm³/mol. The van der Waals surface area contributed by atoms with Crippen LogP contribution in [0.2, 0.25) is 0 Å². The molecule has 37 heavy (non-hydrogen) atoms. The van der Waals surface area contributed by atoms with Crippen molar-refractivity contribution in [3.8, 4) is 22.9 Å². The minimum Gasteiger partial charge on any atom is -0.492 e. The summed E-state index contributed by atoms with van der Waals surface area (Å²) in [5.41, 5.74) is 2.55. The van der Waals surface area contributed by atoms with Gasteiger partial charge in [0.25, 0.3) is 0 Å². The highest BCUT2D eigenvalue weighted by Crippen LogP contribution is 2.41. The molecule has 0 radical (unpaired) electrons. The van der Waals surface area contributed by atoms with E-state index in [0.717, 1.165) is 36.2 Å². The van der Waals surface area contributed by atoms with Gasteiger partial charge in [-0.05, 0) is 51.3 Å². The van der Waals surface area contributed by atoms with Crippen molar-refractivity contribution in [3.63, 3.8) is 0 Å². The molecule has 3 aromatic rings. The summed E-state index contributed by atoms with van der Waals surface area (Å²) in [6, 6.07) is 7.71. The highest BCUT2D eigenvalue weighted by molar-refractivity contribution is 8.00. The summed E-state index contributed by atoms with van der Waals surface area (Å²) < 4.78 is 7.38. The van der Waals surface area contributed by atoms with E-state index in [2.05, 4.69) is 21.4 Å². The van der Waals surface area contributed by atoms with Gasteiger partial charge in [0, 0.05) is 29.3 Å². The number of carbonyl (C=O) groups excluding carboxylic acids is 1. The minimum absolute atomic E-state index is 0.0396. The molecule has 2 N–H and O–H groups in total. The van der Waals surface area contributed by atoms with Crippen LogP contribution in [0.25, 0.3) is 16.6 Å². The molecule has 5 rings (SSSR count). The molecule has 2 aliphatic rings. The molecule has 10 heteroatoms. The van der Waals surface area contributed by atoms with Crippen LogP contribution in [0, 0.1) is 16.7 Å².